The second-order valence-corrected chi connectivity index (χ2v) is 6.35. The van der Waals surface area contributed by atoms with Gasteiger partial charge in [-0.05, 0) is 38.0 Å². The summed E-state index contributed by atoms with van der Waals surface area (Å²) in [6.45, 7) is 4.32. The smallest absolute Gasteiger partial charge is 0.342 e. The van der Waals surface area contributed by atoms with Crippen molar-refractivity contribution >= 4 is 11.7 Å². The fraction of sp³-hybridized carbons (Fsp3) is 0.211. The summed E-state index contributed by atoms with van der Waals surface area (Å²) < 4.78 is 38.1. The van der Waals surface area contributed by atoms with Crippen LogP contribution in [-0.4, -0.2) is 21.0 Å². The third kappa shape index (κ3) is 4.10. The van der Waals surface area contributed by atoms with Gasteiger partial charge in [0.05, 0.1) is 4.92 Å². The Morgan fingerprint density at radius 2 is 1.93 bits per heavy atom. The molecule has 0 spiro atoms. The first-order valence-electron chi connectivity index (χ1n) is 8.43. The van der Waals surface area contributed by atoms with Crippen LogP contribution in [0.25, 0.3) is 11.4 Å². The maximum absolute atomic E-state index is 14.2. The van der Waals surface area contributed by atoms with Crippen LogP contribution in [-0.2, 0) is 4.74 Å². The number of non-ortho nitro benzene ring substituents is 1. The van der Waals surface area contributed by atoms with Gasteiger partial charge in [-0.3, -0.25) is 10.1 Å². The molecule has 29 heavy (non-hydrogen) atoms. The molecule has 0 fully saturated rings. The molecular formula is C19H15F2N3O5. The maximum Gasteiger partial charge on any atom is 0.342 e. The number of aryl methyl sites for hydroxylation is 2. The highest BCUT2D eigenvalue weighted by Gasteiger charge is 2.25. The lowest BCUT2D eigenvalue weighted by atomic mass is 10.1. The van der Waals surface area contributed by atoms with Crippen molar-refractivity contribution in [3.05, 3.63) is 74.7 Å². The molecule has 1 atom stereocenters. The number of rotatable bonds is 5. The van der Waals surface area contributed by atoms with Crippen molar-refractivity contribution < 1.29 is 27.8 Å². The third-order valence-corrected chi connectivity index (χ3v) is 4.17. The van der Waals surface area contributed by atoms with Crippen LogP contribution >= 0.6 is 0 Å². The van der Waals surface area contributed by atoms with E-state index >= 15 is 0 Å². The molecule has 3 rings (SSSR count). The Morgan fingerprint density at radius 3 is 2.59 bits per heavy atom. The van der Waals surface area contributed by atoms with Crippen molar-refractivity contribution in [1.82, 2.24) is 10.1 Å². The van der Waals surface area contributed by atoms with E-state index in [4.69, 9.17) is 9.26 Å². The van der Waals surface area contributed by atoms with E-state index in [9.17, 15) is 23.7 Å². The van der Waals surface area contributed by atoms with Crippen LogP contribution < -0.4 is 0 Å². The van der Waals surface area contributed by atoms with Crippen LogP contribution in [0.4, 0.5) is 14.5 Å². The number of ether oxygens (including phenoxy) is 1. The van der Waals surface area contributed by atoms with Crippen molar-refractivity contribution in [2.75, 3.05) is 0 Å². The van der Waals surface area contributed by atoms with Gasteiger partial charge < -0.3 is 9.26 Å². The fourth-order valence-corrected chi connectivity index (χ4v) is 2.53. The van der Waals surface area contributed by atoms with Gasteiger partial charge in [-0.25, -0.2) is 13.6 Å². The Hall–Kier alpha value is -3.69. The normalized spacial score (nSPS) is 11.9. The quantitative estimate of drug-likeness (QED) is 0.351. The SMILES string of the molecule is Cc1ccc(-c2noc(C(C)OC(=O)c3cc([N+](=O)[O-])cc(C)c3F)n2)cc1F. The Kier molecular flexibility index (Phi) is 5.35. The van der Waals surface area contributed by atoms with E-state index in [1.165, 1.54) is 19.9 Å². The summed E-state index contributed by atoms with van der Waals surface area (Å²) in [5, 5.41) is 14.7. The van der Waals surface area contributed by atoms with Gasteiger partial charge in [-0.2, -0.15) is 4.98 Å². The van der Waals surface area contributed by atoms with Gasteiger partial charge in [-0.15, -0.1) is 0 Å². The topological polar surface area (TPSA) is 108 Å². The highest BCUT2D eigenvalue weighted by atomic mass is 19.1. The molecule has 1 unspecified atom stereocenters. The molecule has 0 radical (unpaired) electrons. The number of nitro benzene ring substituents is 1. The molecule has 2 aromatic carbocycles. The maximum atomic E-state index is 14.2. The highest BCUT2D eigenvalue weighted by molar-refractivity contribution is 5.91. The number of hydrogen-bond donors (Lipinski definition) is 0. The number of nitrogens with zero attached hydrogens (tertiary/aromatic N) is 3. The van der Waals surface area contributed by atoms with Crippen molar-refractivity contribution in [1.29, 1.82) is 0 Å². The van der Waals surface area contributed by atoms with Crippen LogP contribution in [0.3, 0.4) is 0 Å². The van der Waals surface area contributed by atoms with E-state index in [1.807, 2.05) is 0 Å². The molecule has 0 aliphatic carbocycles. The summed E-state index contributed by atoms with van der Waals surface area (Å²) >= 11 is 0. The number of carbonyl (C=O) groups excluding carboxylic acids is 1. The Labute approximate surface area is 163 Å². The van der Waals surface area contributed by atoms with E-state index in [2.05, 4.69) is 10.1 Å². The van der Waals surface area contributed by atoms with Crippen LogP contribution in [0.1, 0.15) is 40.4 Å². The van der Waals surface area contributed by atoms with E-state index in [-0.39, 0.29) is 17.3 Å². The van der Waals surface area contributed by atoms with Gasteiger partial charge in [0.25, 0.3) is 11.6 Å². The second kappa shape index (κ2) is 7.74. The molecule has 10 heteroatoms. The molecule has 0 bridgehead atoms. The predicted molar refractivity (Wildman–Crippen MR) is 96.1 cm³/mol. The summed E-state index contributed by atoms with van der Waals surface area (Å²) in [5.41, 5.74) is -0.273. The molecule has 1 heterocycles. The number of esters is 1. The Balaban J connectivity index is 1.81. The lowest BCUT2D eigenvalue weighted by Gasteiger charge is -2.10. The van der Waals surface area contributed by atoms with Crippen molar-refractivity contribution in [2.24, 2.45) is 0 Å². The minimum atomic E-state index is -1.12. The number of hydrogen-bond acceptors (Lipinski definition) is 7. The number of benzene rings is 2. The summed E-state index contributed by atoms with van der Waals surface area (Å²) in [4.78, 5) is 26.6. The molecular weight excluding hydrogens is 388 g/mol. The standard InChI is InChI=1S/C19H15F2N3O5/c1-9-4-5-12(7-15(9)20)17-22-18(29-23-17)11(3)28-19(25)14-8-13(24(26)27)6-10(2)16(14)21/h4-8,11H,1-3H3. The molecule has 8 nitrogen and oxygen atoms in total. The predicted octanol–water partition coefficient (Wildman–Crippen LogP) is 4.46. The van der Waals surface area contributed by atoms with Gasteiger partial charge in [-0.1, -0.05) is 17.3 Å². The fourth-order valence-electron chi connectivity index (χ4n) is 2.53. The Morgan fingerprint density at radius 1 is 1.21 bits per heavy atom. The third-order valence-electron chi connectivity index (χ3n) is 4.17. The molecule has 0 saturated carbocycles. The number of halogens is 2. The zero-order valence-electron chi connectivity index (χ0n) is 15.6. The Bertz CT molecular complexity index is 1110. The average Bonchev–Trinajstić information content (AvgIpc) is 3.16. The number of aromatic nitrogens is 2. The lowest BCUT2D eigenvalue weighted by molar-refractivity contribution is -0.385. The second-order valence-electron chi connectivity index (χ2n) is 6.35. The van der Waals surface area contributed by atoms with Crippen LogP contribution in [0, 0.1) is 35.6 Å². The first-order valence-corrected chi connectivity index (χ1v) is 8.43. The van der Waals surface area contributed by atoms with Gasteiger partial charge >= 0.3 is 5.97 Å². The van der Waals surface area contributed by atoms with Crippen molar-refractivity contribution in [3.63, 3.8) is 0 Å². The van der Waals surface area contributed by atoms with Crippen LogP contribution in [0.15, 0.2) is 34.9 Å². The zero-order chi connectivity index (χ0) is 21.3. The lowest BCUT2D eigenvalue weighted by Crippen LogP contribution is -2.12. The van der Waals surface area contributed by atoms with Gasteiger partial charge in [0.2, 0.25) is 5.82 Å². The summed E-state index contributed by atoms with van der Waals surface area (Å²) in [6.07, 6.45) is -1.07. The molecule has 0 N–H and O–H groups in total. The van der Waals surface area contributed by atoms with Crippen molar-refractivity contribution in [2.45, 2.75) is 26.9 Å². The van der Waals surface area contributed by atoms with Gasteiger partial charge in [0.1, 0.15) is 17.2 Å². The summed E-state index contributed by atoms with van der Waals surface area (Å²) in [6, 6.07) is 6.21. The van der Waals surface area contributed by atoms with Crippen LogP contribution in [0.2, 0.25) is 0 Å². The van der Waals surface area contributed by atoms with Crippen LogP contribution in [0.5, 0.6) is 0 Å². The first-order chi connectivity index (χ1) is 13.7. The molecule has 0 aliphatic rings. The van der Waals surface area contributed by atoms with E-state index in [1.54, 1.807) is 19.1 Å². The average molecular weight is 403 g/mol. The molecule has 150 valence electrons. The number of nitro groups is 1. The van der Waals surface area contributed by atoms with E-state index in [0.717, 1.165) is 12.1 Å². The molecule has 1 aromatic heterocycles. The first kappa shape index (κ1) is 20.1. The monoisotopic (exact) mass is 403 g/mol. The highest BCUT2D eigenvalue weighted by Crippen LogP contribution is 2.26. The minimum absolute atomic E-state index is 0.0692. The van der Waals surface area contributed by atoms with Crippen molar-refractivity contribution in [3.8, 4) is 11.4 Å². The minimum Gasteiger partial charge on any atom is -0.449 e. The van der Waals surface area contributed by atoms with Gasteiger partial charge in [0.15, 0.2) is 6.10 Å². The molecule has 3 aromatic rings. The summed E-state index contributed by atoms with van der Waals surface area (Å²) in [7, 11) is 0. The molecule has 0 saturated heterocycles. The number of carbonyl (C=O) groups is 1. The van der Waals surface area contributed by atoms with E-state index < -0.39 is 39.9 Å². The zero-order valence-corrected chi connectivity index (χ0v) is 15.6. The molecule has 0 amide bonds. The van der Waals surface area contributed by atoms with Gasteiger partial charge in [0, 0.05) is 17.7 Å². The largest absolute Gasteiger partial charge is 0.449 e. The summed E-state index contributed by atoms with van der Waals surface area (Å²) in [5.74, 6) is -2.50. The molecule has 0 aliphatic heterocycles. The van der Waals surface area contributed by atoms with E-state index in [0.29, 0.717) is 11.1 Å².